The summed E-state index contributed by atoms with van der Waals surface area (Å²) in [5.74, 6) is -0.990. The molecule has 10 heteroatoms. The van der Waals surface area contributed by atoms with E-state index in [0.29, 0.717) is 28.7 Å². The lowest BCUT2D eigenvalue weighted by Gasteiger charge is -2.46. The van der Waals surface area contributed by atoms with Gasteiger partial charge in [0.05, 0.1) is 27.3 Å². The van der Waals surface area contributed by atoms with Gasteiger partial charge in [0.2, 0.25) is 0 Å². The molecule has 0 radical (unpaired) electrons. The monoisotopic (exact) mass is 497 g/mol. The molecule has 7 nitrogen and oxygen atoms in total. The van der Waals surface area contributed by atoms with Crippen LogP contribution in [0, 0.1) is 0 Å². The van der Waals surface area contributed by atoms with Crippen LogP contribution in [0.4, 0.5) is 5.69 Å². The van der Waals surface area contributed by atoms with E-state index in [-0.39, 0.29) is 35.4 Å². The molecule has 0 N–H and O–H groups in total. The van der Waals surface area contributed by atoms with Crippen LogP contribution in [0.25, 0.3) is 0 Å². The first-order valence-electron chi connectivity index (χ1n) is 10.3. The van der Waals surface area contributed by atoms with E-state index < -0.39 is 16.8 Å². The zero-order valence-corrected chi connectivity index (χ0v) is 20.4. The third-order valence-electron chi connectivity index (χ3n) is 5.54. The highest BCUT2D eigenvalue weighted by molar-refractivity contribution is 7.85. The highest BCUT2D eigenvalue weighted by atomic mass is 35.5. The number of hydrogen-bond acceptors (Lipinski definition) is 6. The molecule has 32 heavy (non-hydrogen) atoms. The molecule has 2 heterocycles. The van der Waals surface area contributed by atoms with E-state index in [1.54, 1.807) is 19.2 Å². The number of anilines is 1. The quantitative estimate of drug-likeness (QED) is 0.446. The molecule has 172 valence electrons. The SMILES string of the molecule is CCOC(=O)CS(=O)c1ccc(C(=O)N2CCN(c3ccnc(Cl)c3)C(C)[C@@H]2C)cc1Cl. The lowest BCUT2D eigenvalue weighted by Crippen LogP contribution is -2.59. The van der Waals surface area contributed by atoms with Crippen molar-refractivity contribution < 1.29 is 18.5 Å². The second-order valence-electron chi connectivity index (χ2n) is 7.45. The number of hydrogen-bond donors (Lipinski definition) is 0. The fourth-order valence-electron chi connectivity index (χ4n) is 3.74. The van der Waals surface area contributed by atoms with Crippen LogP contribution in [-0.4, -0.2) is 63.5 Å². The second-order valence-corrected chi connectivity index (χ2v) is 9.66. The second kappa shape index (κ2) is 10.6. The van der Waals surface area contributed by atoms with Crippen LogP contribution in [0.5, 0.6) is 0 Å². The molecule has 1 aromatic carbocycles. The van der Waals surface area contributed by atoms with Crippen LogP contribution in [0.2, 0.25) is 10.2 Å². The largest absolute Gasteiger partial charge is 0.465 e. The summed E-state index contributed by atoms with van der Waals surface area (Å²) in [5.41, 5.74) is 1.37. The summed E-state index contributed by atoms with van der Waals surface area (Å²) in [4.78, 5) is 33.2. The Morgan fingerprint density at radius 1 is 1.16 bits per heavy atom. The van der Waals surface area contributed by atoms with Gasteiger partial charge in [-0.2, -0.15) is 0 Å². The van der Waals surface area contributed by atoms with Gasteiger partial charge in [-0.15, -0.1) is 0 Å². The van der Waals surface area contributed by atoms with Crippen molar-refractivity contribution in [2.45, 2.75) is 37.8 Å². The van der Waals surface area contributed by atoms with Gasteiger partial charge in [-0.1, -0.05) is 23.2 Å². The maximum Gasteiger partial charge on any atom is 0.318 e. The van der Waals surface area contributed by atoms with Crippen LogP contribution in [-0.2, 0) is 20.3 Å². The molecular formula is C22H25Cl2N3O4S. The number of rotatable bonds is 6. The summed E-state index contributed by atoms with van der Waals surface area (Å²) in [6, 6.07) is 8.35. The number of halogens is 2. The van der Waals surface area contributed by atoms with Crippen molar-refractivity contribution in [1.29, 1.82) is 0 Å². The summed E-state index contributed by atoms with van der Waals surface area (Å²) in [7, 11) is -1.65. The zero-order chi connectivity index (χ0) is 23.4. The van der Waals surface area contributed by atoms with Gasteiger partial charge in [0.15, 0.2) is 0 Å². The van der Waals surface area contributed by atoms with Gasteiger partial charge in [0.25, 0.3) is 5.91 Å². The normalized spacial score (nSPS) is 19.5. The molecule has 0 saturated carbocycles. The number of amides is 1. The van der Waals surface area contributed by atoms with Crippen LogP contribution >= 0.6 is 23.2 Å². The predicted octanol–water partition coefficient (Wildman–Crippen LogP) is 3.80. The van der Waals surface area contributed by atoms with Crippen molar-refractivity contribution in [2.24, 2.45) is 0 Å². The third kappa shape index (κ3) is 5.42. The molecule has 1 aliphatic rings. The Hall–Kier alpha value is -2.16. The number of aromatic nitrogens is 1. The van der Waals surface area contributed by atoms with Crippen molar-refractivity contribution in [3.05, 3.63) is 52.3 Å². The number of pyridine rings is 1. The first-order chi connectivity index (χ1) is 15.2. The average Bonchev–Trinajstić information content (AvgIpc) is 2.75. The third-order valence-corrected chi connectivity index (χ3v) is 7.52. The van der Waals surface area contributed by atoms with Crippen molar-refractivity contribution >= 4 is 51.6 Å². The molecule has 0 spiro atoms. The van der Waals surface area contributed by atoms with Gasteiger partial charge >= 0.3 is 5.97 Å². The Labute approximate surface area is 200 Å². The summed E-state index contributed by atoms with van der Waals surface area (Å²) < 4.78 is 17.3. The predicted molar refractivity (Wildman–Crippen MR) is 126 cm³/mol. The Kier molecular flexibility index (Phi) is 8.14. The van der Waals surface area contributed by atoms with E-state index in [1.807, 2.05) is 24.0 Å². The minimum absolute atomic E-state index is 0.0537. The number of carbonyl (C=O) groups is 2. The Bertz CT molecular complexity index is 1040. The molecule has 3 rings (SSSR count). The summed E-state index contributed by atoms with van der Waals surface area (Å²) in [5, 5.41) is 0.611. The van der Waals surface area contributed by atoms with Crippen LogP contribution in [0.1, 0.15) is 31.1 Å². The van der Waals surface area contributed by atoms with Crippen molar-refractivity contribution in [3.8, 4) is 0 Å². The highest BCUT2D eigenvalue weighted by Gasteiger charge is 2.34. The van der Waals surface area contributed by atoms with Gasteiger partial charge in [0, 0.05) is 42.6 Å². The number of carbonyl (C=O) groups excluding carboxylic acids is 2. The molecule has 1 saturated heterocycles. The summed E-state index contributed by atoms with van der Waals surface area (Å²) in [6.45, 7) is 7.14. The molecule has 0 bridgehead atoms. The topological polar surface area (TPSA) is 79.8 Å². The smallest absolute Gasteiger partial charge is 0.318 e. The first-order valence-corrected chi connectivity index (χ1v) is 12.3. The summed E-state index contributed by atoms with van der Waals surface area (Å²) in [6.07, 6.45) is 1.67. The van der Waals surface area contributed by atoms with Crippen molar-refractivity contribution in [3.63, 3.8) is 0 Å². The van der Waals surface area contributed by atoms with Gasteiger partial charge in [-0.25, -0.2) is 4.98 Å². The van der Waals surface area contributed by atoms with Crippen molar-refractivity contribution in [1.82, 2.24) is 9.88 Å². The zero-order valence-electron chi connectivity index (χ0n) is 18.1. The minimum Gasteiger partial charge on any atom is -0.465 e. The van der Waals surface area contributed by atoms with E-state index in [9.17, 15) is 13.8 Å². The van der Waals surface area contributed by atoms with Crippen LogP contribution < -0.4 is 4.90 Å². The molecule has 2 aromatic rings. The van der Waals surface area contributed by atoms with Gasteiger partial charge in [-0.05, 0) is 51.1 Å². The standard InChI is InChI=1S/C22H25Cl2N3O4S/c1-4-31-21(28)13-32(30)19-6-5-16(11-18(19)23)22(29)27-10-9-26(14(2)15(27)3)17-7-8-25-20(24)12-17/h5-8,11-12,14-15H,4,9-10,13H2,1-3H3/t14?,15-,32?/m0/s1. The van der Waals surface area contributed by atoms with E-state index in [2.05, 4.69) is 16.8 Å². The molecular weight excluding hydrogens is 473 g/mol. The molecule has 3 atom stereocenters. The maximum absolute atomic E-state index is 13.2. The van der Waals surface area contributed by atoms with E-state index >= 15 is 0 Å². The van der Waals surface area contributed by atoms with Gasteiger partial charge in [-0.3, -0.25) is 13.8 Å². The molecule has 1 aromatic heterocycles. The van der Waals surface area contributed by atoms with E-state index in [4.69, 9.17) is 27.9 Å². The van der Waals surface area contributed by atoms with Crippen LogP contribution in [0.3, 0.4) is 0 Å². The van der Waals surface area contributed by atoms with Gasteiger partial charge in [0.1, 0.15) is 10.9 Å². The van der Waals surface area contributed by atoms with Crippen molar-refractivity contribution in [2.75, 3.05) is 30.3 Å². The fourth-order valence-corrected chi connectivity index (χ4v) is 5.29. The number of benzene rings is 1. The Balaban J connectivity index is 1.73. The van der Waals surface area contributed by atoms with Crippen LogP contribution in [0.15, 0.2) is 41.4 Å². The number of ether oxygens (including phenoxy) is 1. The molecule has 2 unspecified atom stereocenters. The van der Waals surface area contributed by atoms with E-state index in [1.165, 1.54) is 12.1 Å². The minimum atomic E-state index is -1.65. The van der Waals surface area contributed by atoms with E-state index in [0.717, 1.165) is 5.69 Å². The fraction of sp³-hybridized carbons (Fsp3) is 0.409. The summed E-state index contributed by atoms with van der Waals surface area (Å²) >= 11 is 12.3. The Morgan fingerprint density at radius 3 is 2.56 bits per heavy atom. The molecule has 1 fully saturated rings. The molecule has 1 amide bonds. The number of esters is 1. The Morgan fingerprint density at radius 2 is 1.91 bits per heavy atom. The molecule has 0 aliphatic carbocycles. The first kappa shape index (κ1) is 24.5. The number of piperazine rings is 1. The molecule has 1 aliphatic heterocycles. The van der Waals surface area contributed by atoms with Gasteiger partial charge < -0.3 is 14.5 Å². The average molecular weight is 498 g/mol. The lowest BCUT2D eigenvalue weighted by molar-refractivity contribution is -0.139. The maximum atomic E-state index is 13.2. The lowest BCUT2D eigenvalue weighted by atomic mass is 10.0. The highest BCUT2D eigenvalue weighted by Crippen LogP contribution is 2.28. The number of nitrogens with zero attached hydrogens (tertiary/aromatic N) is 3.